The van der Waals surface area contributed by atoms with Crippen molar-refractivity contribution >= 4 is 12.1 Å². The highest BCUT2D eigenvalue weighted by atomic mass is 16.1. The van der Waals surface area contributed by atoms with E-state index in [0.29, 0.717) is 0 Å². The smallest absolute Gasteiger partial charge is 0.141 e. The zero-order valence-electron chi connectivity index (χ0n) is 11.0. The first-order valence-electron chi connectivity index (χ1n) is 6.59. The number of rotatable bonds is 2. The van der Waals surface area contributed by atoms with Crippen LogP contribution in [0.4, 0.5) is 0 Å². The summed E-state index contributed by atoms with van der Waals surface area (Å²) in [5, 5.41) is 6.26. The fraction of sp³-hybridized carbons (Fsp3) is 0.571. The van der Waals surface area contributed by atoms with E-state index in [2.05, 4.69) is 29.6 Å². The predicted molar refractivity (Wildman–Crippen MR) is 73.1 cm³/mol. The maximum Gasteiger partial charge on any atom is 0.141 e. The maximum atomic E-state index is 10.7. The number of carbonyl (C=O) groups is 1. The van der Waals surface area contributed by atoms with Crippen LogP contribution >= 0.6 is 0 Å². The molecule has 0 aliphatic carbocycles. The number of aldehydes is 1. The van der Waals surface area contributed by atoms with Gasteiger partial charge in [0.1, 0.15) is 12.1 Å². The lowest BCUT2D eigenvalue weighted by Gasteiger charge is -2.33. The van der Waals surface area contributed by atoms with Gasteiger partial charge in [0, 0.05) is 19.5 Å². The summed E-state index contributed by atoms with van der Waals surface area (Å²) in [5.74, 6) is 1.86. The van der Waals surface area contributed by atoms with Crippen molar-refractivity contribution in [3.8, 4) is 0 Å². The first kappa shape index (κ1) is 12.9. The molecule has 18 heavy (non-hydrogen) atoms. The highest BCUT2D eigenvalue weighted by Crippen LogP contribution is 2.19. The topological polar surface area (TPSA) is 35.9 Å². The van der Waals surface area contributed by atoms with Crippen molar-refractivity contribution in [3.63, 3.8) is 0 Å². The summed E-state index contributed by atoms with van der Waals surface area (Å²) in [7, 11) is 0. The van der Waals surface area contributed by atoms with Gasteiger partial charge in [0.15, 0.2) is 0 Å². The minimum absolute atomic E-state index is 0.275. The molecule has 1 saturated heterocycles. The van der Waals surface area contributed by atoms with Crippen molar-refractivity contribution in [1.82, 2.24) is 9.91 Å². The lowest BCUT2D eigenvalue weighted by atomic mass is 9.99. The number of allylic oxidation sites excluding steroid dienone is 1. The second-order valence-corrected chi connectivity index (χ2v) is 5.03. The van der Waals surface area contributed by atoms with Gasteiger partial charge in [-0.2, -0.15) is 5.10 Å². The van der Waals surface area contributed by atoms with Gasteiger partial charge in [-0.15, -0.1) is 0 Å². The van der Waals surface area contributed by atoms with E-state index in [0.717, 1.165) is 43.2 Å². The van der Waals surface area contributed by atoms with Crippen molar-refractivity contribution in [2.45, 2.75) is 26.2 Å². The molecule has 2 rings (SSSR count). The minimum Gasteiger partial charge on any atom is -0.358 e. The summed E-state index contributed by atoms with van der Waals surface area (Å²) in [6.07, 6.45) is 8.14. The molecule has 4 heteroatoms. The number of hydrogen-bond donors (Lipinski definition) is 0. The molecule has 0 spiro atoms. The molecule has 0 unspecified atom stereocenters. The molecule has 2 heterocycles. The Hall–Kier alpha value is -1.58. The molecule has 1 fully saturated rings. The second-order valence-electron chi connectivity index (χ2n) is 5.03. The Morgan fingerprint density at radius 2 is 2.22 bits per heavy atom. The van der Waals surface area contributed by atoms with Crippen molar-refractivity contribution in [3.05, 3.63) is 24.4 Å². The van der Waals surface area contributed by atoms with Crippen LogP contribution in [0.1, 0.15) is 26.2 Å². The molecule has 0 aromatic heterocycles. The molecule has 0 bridgehead atoms. The van der Waals surface area contributed by atoms with Crippen LogP contribution in [0.25, 0.3) is 0 Å². The van der Waals surface area contributed by atoms with Crippen LogP contribution in [0.2, 0.25) is 0 Å². The van der Waals surface area contributed by atoms with Gasteiger partial charge in [0.25, 0.3) is 0 Å². The van der Waals surface area contributed by atoms with Gasteiger partial charge in [0.05, 0.1) is 12.2 Å². The summed E-state index contributed by atoms with van der Waals surface area (Å²) < 4.78 is 0. The van der Waals surface area contributed by atoms with E-state index in [1.54, 1.807) is 5.01 Å². The Morgan fingerprint density at radius 3 is 2.89 bits per heavy atom. The third kappa shape index (κ3) is 3.00. The number of piperidine rings is 1. The normalized spacial score (nSPS) is 21.8. The fourth-order valence-corrected chi connectivity index (χ4v) is 2.32. The molecule has 0 saturated carbocycles. The Bertz CT molecular complexity index is 379. The predicted octanol–water partition coefficient (Wildman–Crippen LogP) is 2.01. The van der Waals surface area contributed by atoms with Gasteiger partial charge in [-0.1, -0.05) is 19.6 Å². The quantitative estimate of drug-likeness (QED) is 0.700. The zero-order valence-corrected chi connectivity index (χ0v) is 11.0. The van der Waals surface area contributed by atoms with E-state index >= 15 is 0 Å². The maximum absolute atomic E-state index is 10.7. The second kappa shape index (κ2) is 5.85. The summed E-state index contributed by atoms with van der Waals surface area (Å²) in [4.78, 5) is 13.0. The Balaban J connectivity index is 2.10. The summed E-state index contributed by atoms with van der Waals surface area (Å²) >= 11 is 0. The van der Waals surface area contributed by atoms with E-state index in [-0.39, 0.29) is 6.54 Å². The van der Waals surface area contributed by atoms with Gasteiger partial charge < -0.3 is 9.69 Å². The molecule has 2 aliphatic heterocycles. The van der Waals surface area contributed by atoms with E-state index in [4.69, 9.17) is 0 Å². The number of nitrogens with zero attached hydrogens (tertiary/aromatic N) is 3. The number of likely N-dealkylation sites (tertiary alicyclic amines) is 1. The van der Waals surface area contributed by atoms with E-state index in [9.17, 15) is 4.79 Å². The molecule has 2 aliphatic rings. The van der Waals surface area contributed by atoms with Crippen LogP contribution in [0.15, 0.2) is 29.5 Å². The van der Waals surface area contributed by atoms with E-state index in [1.807, 2.05) is 6.08 Å². The number of carbonyl (C=O) groups excluding carboxylic acids is 1. The Kier molecular flexibility index (Phi) is 4.18. The molecule has 0 N–H and O–H groups in total. The van der Waals surface area contributed by atoms with Crippen LogP contribution in [-0.2, 0) is 4.79 Å². The molecule has 4 nitrogen and oxygen atoms in total. The first-order chi connectivity index (χ1) is 8.70. The lowest BCUT2D eigenvalue weighted by molar-refractivity contribution is -0.108. The van der Waals surface area contributed by atoms with Crippen molar-refractivity contribution in [2.24, 2.45) is 11.0 Å². The molecule has 0 amide bonds. The average molecular weight is 247 g/mol. The van der Waals surface area contributed by atoms with Crippen molar-refractivity contribution in [2.75, 3.05) is 19.6 Å². The largest absolute Gasteiger partial charge is 0.358 e. The molecule has 98 valence electrons. The Labute approximate surface area is 109 Å². The van der Waals surface area contributed by atoms with Crippen LogP contribution in [-0.4, -0.2) is 41.7 Å². The van der Waals surface area contributed by atoms with Gasteiger partial charge in [-0.25, -0.2) is 0 Å². The third-order valence-electron chi connectivity index (χ3n) is 3.57. The summed E-state index contributed by atoms with van der Waals surface area (Å²) in [6.45, 7) is 8.62. The third-order valence-corrected chi connectivity index (χ3v) is 3.57. The summed E-state index contributed by atoms with van der Waals surface area (Å²) in [6, 6.07) is 0. The zero-order chi connectivity index (χ0) is 13.0. The molecular weight excluding hydrogens is 226 g/mol. The molecule has 0 radical (unpaired) electrons. The van der Waals surface area contributed by atoms with Gasteiger partial charge in [-0.05, 0) is 24.8 Å². The van der Waals surface area contributed by atoms with E-state index < -0.39 is 0 Å². The number of amidine groups is 1. The molecule has 0 aromatic carbocycles. The standard InChI is InChI=1S/C14H21N3O/c1-12-6-8-16(9-7-12)14-5-3-4-13(2)17(15-14)10-11-18/h3-4,11-12H,2,5-10H2,1H3. The highest BCUT2D eigenvalue weighted by Gasteiger charge is 2.20. The lowest BCUT2D eigenvalue weighted by Crippen LogP contribution is -2.38. The summed E-state index contributed by atoms with van der Waals surface area (Å²) in [5.41, 5.74) is 0.780. The monoisotopic (exact) mass is 247 g/mol. The van der Waals surface area contributed by atoms with Crippen molar-refractivity contribution < 1.29 is 4.79 Å². The van der Waals surface area contributed by atoms with Crippen LogP contribution in [0, 0.1) is 5.92 Å². The van der Waals surface area contributed by atoms with Gasteiger partial charge in [-0.3, -0.25) is 5.01 Å². The van der Waals surface area contributed by atoms with Crippen LogP contribution < -0.4 is 0 Å². The van der Waals surface area contributed by atoms with Crippen molar-refractivity contribution in [1.29, 1.82) is 0 Å². The minimum atomic E-state index is 0.275. The van der Waals surface area contributed by atoms with Crippen LogP contribution in [0.5, 0.6) is 0 Å². The molecule has 0 atom stereocenters. The number of hydrogen-bond acceptors (Lipinski definition) is 4. The first-order valence-corrected chi connectivity index (χ1v) is 6.59. The molecule has 0 aromatic rings. The Morgan fingerprint density at radius 1 is 1.50 bits per heavy atom. The SMILES string of the molecule is C=C1C=CCC(N2CCC(C)CC2)=NN1CC=O. The van der Waals surface area contributed by atoms with Gasteiger partial charge in [0.2, 0.25) is 0 Å². The average Bonchev–Trinajstić information content (AvgIpc) is 2.54. The molecular formula is C14H21N3O. The highest BCUT2D eigenvalue weighted by molar-refractivity contribution is 5.84. The van der Waals surface area contributed by atoms with Gasteiger partial charge >= 0.3 is 0 Å². The van der Waals surface area contributed by atoms with Crippen LogP contribution in [0.3, 0.4) is 0 Å². The fourth-order valence-electron chi connectivity index (χ4n) is 2.32. The van der Waals surface area contributed by atoms with E-state index in [1.165, 1.54) is 12.8 Å². The number of hydrazone groups is 1.